The van der Waals surface area contributed by atoms with Crippen molar-refractivity contribution in [1.29, 1.82) is 0 Å². The highest BCUT2D eigenvalue weighted by molar-refractivity contribution is 7.17. The van der Waals surface area contributed by atoms with Gasteiger partial charge in [0.25, 0.3) is 0 Å². The molecule has 8 rings (SSSR count). The zero-order valence-corrected chi connectivity index (χ0v) is 39.4. The molecule has 0 N–H and O–H groups in total. The van der Waals surface area contributed by atoms with Crippen molar-refractivity contribution in [2.75, 3.05) is 11.4 Å². The summed E-state index contributed by atoms with van der Waals surface area (Å²) in [5.74, 6) is 0. The highest BCUT2D eigenvalue weighted by atomic mass is 127. The molecule has 0 amide bonds. The number of nitrogens with zero attached hydrogens (tertiary/aromatic N) is 4. The van der Waals surface area contributed by atoms with Gasteiger partial charge in [-0.05, 0) is 86.4 Å². The third-order valence-electron chi connectivity index (χ3n) is 9.80. The average Bonchev–Trinajstić information content (AvgIpc) is 3.28. The molecule has 1 aliphatic heterocycles. The summed E-state index contributed by atoms with van der Waals surface area (Å²) in [7, 11) is 10.0. The maximum Gasteiger partial charge on any atom is 0.213 e. The molecule has 7 aromatic rings. The number of aromatic nitrogens is 2. The molecule has 0 spiro atoms. The Hall–Kier alpha value is -4.74. The van der Waals surface area contributed by atoms with Crippen LogP contribution in [-0.4, -0.2) is 35.3 Å². The number of hydrogen-bond donors (Lipinski definition) is 0. The predicted octanol–water partition coefficient (Wildman–Crippen LogP) is 5.82. The minimum absolute atomic E-state index is 0. The second kappa shape index (κ2) is 30.3. The average molecular weight is 1040 g/mol. The fourth-order valence-electron chi connectivity index (χ4n) is 6.80. The summed E-state index contributed by atoms with van der Waals surface area (Å²) in [4.78, 5) is 6.66. The van der Waals surface area contributed by atoms with Gasteiger partial charge in [-0.25, -0.2) is 0 Å². The Labute approximate surface area is 410 Å². The lowest BCUT2D eigenvalue weighted by Crippen LogP contribution is -3.00. The van der Waals surface area contributed by atoms with Crippen molar-refractivity contribution in [2.24, 2.45) is 4.99 Å². The predicted molar refractivity (Wildman–Crippen MR) is 265 cm³/mol. The fraction of sp³-hybridized carbons (Fsp3) is 0.189. The molecule has 1 aliphatic rings. The summed E-state index contributed by atoms with van der Waals surface area (Å²) in [6.07, 6.45) is 18.1. The molecule has 315 valence electrons. The number of fused-ring (bicyclic) bond motifs is 3. The number of hydrogen-bond acceptors (Lipinski definition) is 2. The summed E-state index contributed by atoms with van der Waals surface area (Å²) in [6.45, 7) is 11.7. The molecule has 0 atom stereocenters. The van der Waals surface area contributed by atoms with Crippen LogP contribution in [-0.2, 0) is 19.5 Å². The van der Waals surface area contributed by atoms with E-state index in [0.717, 1.165) is 38.8 Å². The molecule has 2 aromatic heterocycles. The van der Waals surface area contributed by atoms with Crippen molar-refractivity contribution in [1.82, 2.24) is 0 Å². The number of aryl methyl sites for hydroxylation is 3. The first-order valence-corrected chi connectivity index (χ1v) is 20.1. The van der Waals surface area contributed by atoms with E-state index in [0.29, 0.717) is 0 Å². The highest BCUT2D eigenvalue weighted by Crippen LogP contribution is 2.32. The summed E-state index contributed by atoms with van der Waals surface area (Å²) >= 11 is 0. The van der Waals surface area contributed by atoms with Gasteiger partial charge in [-0.1, -0.05) is 124 Å². The Morgan fingerprint density at radius 1 is 0.645 bits per heavy atom. The lowest BCUT2D eigenvalue weighted by molar-refractivity contribution is -0.668. The highest BCUT2D eigenvalue weighted by Gasteiger charge is 2.14. The van der Waals surface area contributed by atoms with E-state index in [-0.39, 0.29) is 62.8 Å². The Morgan fingerprint density at radius 2 is 1.18 bits per heavy atom. The number of pyridine rings is 2. The van der Waals surface area contributed by atoms with E-state index in [9.17, 15) is 0 Å². The molecule has 0 saturated heterocycles. The first kappa shape index (κ1) is 55.3. The Kier molecular flexibility index (Phi) is 27.0. The number of benzene rings is 5. The molecular formula is C53H60B3I2N4. The molecule has 9 heteroatoms. The van der Waals surface area contributed by atoms with Gasteiger partial charge in [-0.2, -0.15) is 9.13 Å². The second-order valence-corrected chi connectivity index (χ2v) is 13.5. The van der Waals surface area contributed by atoms with E-state index >= 15 is 0 Å². The largest absolute Gasteiger partial charge is 1.00 e. The maximum atomic E-state index is 4.50. The molecule has 0 fully saturated rings. The van der Waals surface area contributed by atoms with Gasteiger partial charge in [0.05, 0.1) is 11.1 Å². The molecule has 0 saturated carbocycles. The Balaban J connectivity index is 0.000000470. The van der Waals surface area contributed by atoms with Crippen LogP contribution in [0.1, 0.15) is 57.9 Å². The second-order valence-electron chi connectivity index (χ2n) is 13.5. The van der Waals surface area contributed by atoms with E-state index in [4.69, 9.17) is 0 Å². The number of para-hydroxylation sites is 4. The van der Waals surface area contributed by atoms with Gasteiger partial charge >= 0.3 is 0 Å². The van der Waals surface area contributed by atoms with Crippen LogP contribution in [0, 0.1) is 6.92 Å². The van der Waals surface area contributed by atoms with E-state index in [1.165, 1.54) is 55.3 Å². The minimum Gasteiger partial charge on any atom is -1.00 e. The first-order chi connectivity index (χ1) is 28.5. The topological polar surface area (TPSA) is 23.4 Å². The van der Waals surface area contributed by atoms with Crippen LogP contribution in [0.25, 0.3) is 33.5 Å². The smallest absolute Gasteiger partial charge is 0.213 e. The van der Waals surface area contributed by atoms with E-state index in [1.807, 2.05) is 54.7 Å². The van der Waals surface area contributed by atoms with E-state index < -0.39 is 0 Å². The van der Waals surface area contributed by atoms with Gasteiger partial charge in [0.1, 0.15) is 13.1 Å². The zero-order valence-electron chi connectivity index (χ0n) is 35.1. The third-order valence-corrected chi connectivity index (χ3v) is 9.80. The van der Waals surface area contributed by atoms with Crippen molar-refractivity contribution in [2.45, 2.75) is 62.1 Å². The van der Waals surface area contributed by atoms with Crippen LogP contribution in [0.4, 0.5) is 11.4 Å². The Morgan fingerprint density at radius 3 is 1.81 bits per heavy atom. The van der Waals surface area contributed by atoms with Crippen LogP contribution in [0.15, 0.2) is 187 Å². The van der Waals surface area contributed by atoms with Crippen LogP contribution in [0.3, 0.4) is 0 Å². The van der Waals surface area contributed by atoms with Gasteiger partial charge in [-0.3, -0.25) is 4.99 Å². The number of aliphatic imine (C=N–C) groups is 1. The summed E-state index contributed by atoms with van der Waals surface area (Å²) in [6, 6.07) is 50.4. The number of allylic oxidation sites excluding steroid dienone is 4. The van der Waals surface area contributed by atoms with Gasteiger partial charge in [0.2, 0.25) is 11.0 Å². The summed E-state index contributed by atoms with van der Waals surface area (Å²) in [5.41, 5.74) is 11.3. The molecule has 5 aromatic carbocycles. The number of anilines is 1. The lowest BCUT2D eigenvalue weighted by atomic mass is 9.40. The number of halogens is 2. The monoisotopic (exact) mass is 1040 g/mol. The zero-order chi connectivity index (χ0) is 41.0. The van der Waals surface area contributed by atoms with Crippen molar-refractivity contribution >= 4 is 73.6 Å². The van der Waals surface area contributed by atoms with Gasteiger partial charge < -0.3 is 52.9 Å². The van der Waals surface area contributed by atoms with Crippen molar-refractivity contribution in [3.8, 4) is 0 Å². The standard InChI is InChI=1S/C25H25N2.C14H13N.C12H14N.2CH4.B3.2HI/c1-3-26-18-16-20(22-12-5-7-14-24(22)26)10-9-11-21-17-19-27(4-2)25-15-8-6-13-23(21)25;1-3-7-13(8-4-1)11-12-15-14-9-5-2-6-10-14;1-3-13-9-8-10(2)11-6-4-5-7-12(11)13;;;1-3-2;;/h5-19H,3-4H2,1-2H3;1-10,12H,11H2;4-9H,3H2,1-2H3;2*1H4;;2*1H/q+1;;+1;;;;;/p-2. The molecule has 4 nitrogen and oxygen atoms in total. The number of rotatable bonds is 8. The molecule has 0 unspecified atom stereocenters. The summed E-state index contributed by atoms with van der Waals surface area (Å²) < 4.78 is 4.55. The van der Waals surface area contributed by atoms with Gasteiger partial charge in [0.15, 0.2) is 12.4 Å². The molecule has 3 heterocycles. The third kappa shape index (κ3) is 15.9. The fourth-order valence-corrected chi connectivity index (χ4v) is 6.80. The molecule has 0 bridgehead atoms. The van der Waals surface area contributed by atoms with Gasteiger partial charge in [-0.15, -0.1) is 0 Å². The van der Waals surface area contributed by atoms with Crippen molar-refractivity contribution < 1.29 is 57.1 Å². The molecule has 5 radical (unpaired) electrons. The van der Waals surface area contributed by atoms with E-state index in [1.54, 1.807) is 0 Å². The molecular weight excluding hydrogens is 979 g/mol. The van der Waals surface area contributed by atoms with Crippen molar-refractivity contribution in [3.05, 3.63) is 205 Å². The SMILES string of the molecule is C.C.C(Cc1ccccc1)=Nc1ccccc1.CCN1C=C/C(=C/C=C/c2cc[n+](CC)c3ccccc23)c2ccccc21.CC[n+]1ccc(C)c2ccccc21.[B][B][B].[I-].[I-]. The van der Waals surface area contributed by atoms with Crippen LogP contribution in [0.2, 0.25) is 0 Å². The quantitative estimate of drug-likeness (QED) is 0.0816. The summed E-state index contributed by atoms with van der Waals surface area (Å²) in [5, 5.41) is 2.64. The van der Waals surface area contributed by atoms with Crippen LogP contribution < -0.4 is 62.0 Å². The normalized spacial score (nSPS) is 11.5. The van der Waals surface area contributed by atoms with E-state index in [2.05, 4.69) is 202 Å². The Bertz CT molecular complexity index is 2470. The molecule has 62 heavy (non-hydrogen) atoms. The lowest BCUT2D eigenvalue weighted by Gasteiger charge is -2.26. The maximum absolute atomic E-state index is 4.50. The minimum atomic E-state index is 0. The molecule has 0 aliphatic carbocycles. The van der Waals surface area contributed by atoms with Gasteiger partial charge in [0, 0.05) is 88.8 Å². The van der Waals surface area contributed by atoms with Crippen LogP contribution in [0.5, 0.6) is 0 Å². The van der Waals surface area contributed by atoms with Crippen LogP contribution >= 0.6 is 0 Å². The van der Waals surface area contributed by atoms with Crippen molar-refractivity contribution in [3.63, 3.8) is 0 Å². The first-order valence-electron chi connectivity index (χ1n) is 20.1.